The van der Waals surface area contributed by atoms with Crippen LogP contribution in [0.2, 0.25) is 0 Å². The van der Waals surface area contributed by atoms with Crippen LogP contribution in [0.1, 0.15) is 51.9 Å². The molecule has 1 atom stereocenters. The molecule has 1 saturated carbocycles. The van der Waals surface area contributed by atoms with Crippen molar-refractivity contribution in [3.8, 4) is 0 Å². The van der Waals surface area contributed by atoms with Gasteiger partial charge in [0, 0.05) is 38.3 Å². The van der Waals surface area contributed by atoms with E-state index in [9.17, 15) is 0 Å². The lowest BCUT2D eigenvalue weighted by Crippen LogP contribution is -2.65. The van der Waals surface area contributed by atoms with Crippen molar-refractivity contribution in [2.75, 3.05) is 33.4 Å². The number of ether oxygens (including phenoxy) is 1. The van der Waals surface area contributed by atoms with Crippen molar-refractivity contribution in [2.45, 2.75) is 63.5 Å². The van der Waals surface area contributed by atoms with Crippen LogP contribution in [0.25, 0.3) is 0 Å². The van der Waals surface area contributed by atoms with Gasteiger partial charge in [0.25, 0.3) is 0 Å². The summed E-state index contributed by atoms with van der Waals surface area (Å²) in [5.74, 6) is 0. The van der Waals surface area contributed by atoms with Crippen molar-refractivity contribution in [3.63, 3.8) is 0 Å². The average molecular weight is 254 g/mol. The van der Waals surface area contributed by atoms with Crippen LogP contribution in [-0.4, -0.2) is 49.8 Å². The number of nitrogens with zero attached hydrogens (tertiary/aromatic N) is 1. The largest absolute Gasteiger partial charge is 0.383 e. The van der Waals surface area contributed by atoms with Crippen molar-refractivity contribution >= 4 is 0 Å². The third-order valence-electron chi connectivity index (χ3n) is 4.82. The molecule has 0 aromatic rings. The van der Waals surface area contributed by atoms with Gasteiger partial charge in [-0.25, -0.2) is 0 Å². The van der Waals surface area contributed by atoms with Crippen LogP contribution in [0.15, 0.2) is 0 Å². The fourth-order valence-electron chi connectivity index (χ4n) is 3.74. The minimum Gasteiger partial charge on any atom is -0.383 e. The summed E-state index contributed by atoms with van der Waals surface area (Å²) in [6.45, 7) is 6.68. The summed E-state index contributed by atoms with van der Waals surface area (Å²) in [7, 11) is 1.82. The van der Waals surface area contributed by atoms with E-state index in [2.05, 4.69) is 17.1 Å². The number of hydrogen-bond acceptors (Lipinski definition) is 3. The maximum Gasteiger partial charge on any atom is 0.0589 e. The molecule has 0 bridgehead atoms. The normalized spacial score (nSPS) is 28.7. The zero-order chi connectivity index (χ0) is 12.8. The van der Waals surface area contributed by atoms with Gasteiger partial charge in [-0.2, -0.15) is 0 Å². The minimum atomic E-state index is 0.445. The lowest BCUT2D eigenvalue weighted by atomic mass is 9.78. The Kier molecular flexibility index (Phi) is 5.46. The molecule has 0 aromatic carbocycles. The second-order valence-corrected chi connectivity index (χ2v) is 6.09. The topological polar surface area (TPSA) is 24.5 Å². The first-order valence-electron chi connectivity index (χ1n) is 7.78. The van der Waals surface area contributed by atoms with Gasteiger partial charge in [-0.1, -0.05) is 32.6 Å². The second kappa shape index (κ2) is 6.88. The molecule has 1 N–H and O–H groups in total. The molecule has 3 heteroatoms. The van der Waals surface area contributed by atoms with Gasteiger partial charge in [0.05, 0.1) is 6.61 Å². The summed E-state index contributed by atoms with van der Waals surface area (Å²) >= 11 is 0. The summed E-state index contributed by atoms with van der Waals surface area (Å²) in [6, 6.07) is 0.694. The van der Waals surface area contributed by atoms with Gasteiger partial charge in [-0.05, 0) is 19.3 Å². The van der Waals surface area contributed by atoms with Crippen molar-refractivity contribution in [1.29, 1.82) is 0 Å². The molecule has 1 unspecified atom stereocenters. The van der Waals surface area contributed by atoms with Crippen LogP contribution in [0, 0.1) is 0 Å². The maximum absolute atomic E-state index is 5.31. The molecular weight excluding hydrogens is 224 g/mol. The van der Waals surface area contributed by atoms with Crippen LogP contribution in [-0.2, 0) is 4.74 Å². The third kappa shape index (κ3) is 3.25. The molecule has 1 saturated heterocycles. The molecule has 1 aliphatic carbocycles. The first-order valence-corrected chi connectivity index (χ1v) is 7.78. The summed E-state index contributed by atoms with van der Waals surface area (Å²) in [5.41, 5.74) is 0.445. The Hall–Kier alpha value is -0.120. The van der Waals surface area contributed by atoms with E-state index < -0.39 is 0 Å². The fourth-order valence-corrected chi connectivity index (χ4v) is 3.74. The monoisotopic (exact) mass is 254 g/mol. The molecule has 0 radical (unpaired) electrons. The number of methoxy groups -OCH3 is 1. The summed E-state index contributed by atoms with van der Waals surface area (Å²) < 4.78 is 5.31. The molecule has 0 amide bonds. The Morgan fingerprint density at radius 3 is 2.72 bits per heavy atom. The number of piperazine rings is 1. The molecular formula is C15H30N2O. The molecule has 2 aliphatic rings. The van der Waals surface area contributed by atoms with Gasteiger partial charge >= 0.3 is 0 Å². The highest BCUT2D eigenvalue weighted by molar-refractivity contribution is 5.00. The molecule has 1 aliphatic heterocycles. The molecule has 0 aromatic heterocycles. The Balaban J connectivity index is 1.98. The van der Waals surface area contributed by atoms with Crippen LogP contribution < -0.4 is 5.32 Å². The molecule has 2 fully saturated rings. The molecule has 1 heterocycles. The first kappa shape index (κ1) is 14.3. The highest BCUT2D eigenvalue weighted by Gasteiger charge is 2.41. The van der Waals surface area contributed by atoms with Gasteiger partial charge in [0.15, 0.2) is 0 Å². The quantitative estimate of drug-likeness (QED) is 0.815. The second-order valence-electron chi connectivity index (χ2n) is 6.09. The SMILES string of the molecule is CCCC1CN(CCOC)C2(CCCCC2)CN1. The zero-order valence-corrected chi connectivity index (χ0v) is 12.2. The number of nitrogens with one attached hydrogen (secondary N) is 1. The first-order chi connectivity index (χ1) is 8.80. The zero-order valence-electron chi connectivity index (χ0n) is 12.2. The fraction of sp³-hybridized carbons (Fsp3) is 1.00. The Bertz CT molecular complexity index is 239. The Labute approximate surface area is 112 Å². The van der Waals surface area contributed by atoms with Crippen LogP contribution in [0.4, 0.5) is 0 Å². The van der Waals surface area contributed by atoms with Crippen molar-refractivity contribution in [2.24, 2.45) is 0 Å². The minimum absolute atomic E-state index is 0.445. The van der Waals surface area contributed by atoms with Gasteiger partial charge in [0.1, 0.15) is 0 Å². The van der Waals surface area contributed by atoms with E-state index in [1.807, 2.05) is 7.11 Å². The van der Waals surface area contributed by atoms with E-state index >= 15 is 0 Å². The van der Waals surface area contributed by atoms with E-state index in [-0.39, 0.29) is 0 Å². The third-order valence-corrected chi connectivity index (χ3v) is 4.82. The van der Waals surface area contributed by atoms with Gasteiger partial charge in [0.2, 0.25) is 0 Å². The van der Waals surface area contributed by atoms with E-state index in [1.54, 1.807) is 0 Å². The van der Waals surface area contributed by atoms with Crippen molar-refractivity contribution in [3.05, 3.63) is 0 Å². The summed E-state index contributed by atoms with van der Waals surface area (Å²) in [4.78, 5) is 2.74. The van der Waals surface area contributed by atoms with Gasteiger partial charge in [-0.3, -0.25) is 4.90 Å². The standard InChI is InChI=1S/C15H30N2O/c1-3-7-14-12-17(10-11-18-2)15(13-16-14)8-5-4-6-9-15/h14,16H,3-13H2,1-2H3. The molecule has 18 heavy (non-hydrogen) atoms. The van der Waals surface area contributed by atoms with Crippen LogP contribution >= 0.6 is 0 Å². The molecule has 2 rings (SSSR count). The Morgan fingerprint density at radius 1 is 1.28 bits per heavy atom. The molecule has 1 spiro atoms. The lowest BCUT2D eigenvalue weighted by Gasteiger charge is -2.52. The maximum atomic E-state index is 5.31. The molecule has 106 valence electrons. The average Bonchev–Trinajstić information content (AvgIpc) is 2.41. The lowest BCUT2D eigenvalue weighted by molar-refractivity contribution is -0.00679. The highest BCUT2D eigenvalue weighted by Crippen LogP contribution is 2.35. The predicted molar refractivity (Wildman–Crippen MR) is 76.0 cm³/mol. The highest BCUT2D eigenvalue weighted by atomic mass is 16.5. The van der Waals surface area contributed by atoms with Crippen molar-refractivity contribution in [1.82, 2.24) is 10.2 Å². The van der Waals surface area contributed by atoms with Crippen LogP contribution in [0.3, 0.4) is 0 Å². The smallest absolute Gasteiger partial charge is 0.0589 e. The van der Waals surface area contributed by atoms with E-state index in [4.69, 9.17) is 4.74 Å². The summed E-state index contributed by atoms with van der Waals surface area (Å²) in [5, 5.41) is 3.80. The van der Waals surface area contributed by atoms with E-state index in [1.165, 1.54) is 58.0 Å². The van der Waals surface area contributed by atoms with E-state index in [0.717, 1.165) is 13.2 Å². The Morgan fingerprint density at radius 2 is 2.06 bits per heavy atom. The number of hydrogen-bond donors (Lipinski definition) is 1. The molecule has 3 nitrogen and oxygen atoms in total. The van der Waals surface area contributed by atoms with Gasteiger partial charge < -0.3 is 10.1 Å². The van der Waals surface area contributed by atoms with Crippen molar-refractivity contribution < 1.29 is 4.74 Å². The number of rotatable bonds is 5. The van der Waals surface area contributed by atoms with E-state index in [0.29, 0.717) is 11.6 Å². The van der Waals surface area contributed by atoms with Crippen LogP contribution in [0.5, 0.6) is 0 Å². The summed E-state index contributed by atoms with van der Waals surface area (Å²) in [6.07, 6.45) is 9.58. The predicted octanol–water partition coefficient (Wildman–Crippen LogP) is 2.41. The van der Waals surface area contributed by atoms with Gasteiger partial charge in [-0.15, -0.1) is 0 Å².